The lowest BCUT2D eigenvalue weighted by atomic mass is 10.2. The second-order valence-electron chi connectivity index (χ2n) is 4.95. The van der Waals surface area contributed by atoms with Gasteiger partial charge in [-0.25, -0.2) is 4.79 Å². The van der Waals surface area contributed by atoms with Crippen LogP contribution in [0.2, 0.25) is 5.02 Å². The molecule has 2 amide bonds. The monoisotopic (exact) mass is 358 g/mol. The Labute approximate surface area is 141 Å². The van der Waals surface area contributed by atoms with Gasteiger partial charge in [0.25, 0.3) is 0 Å². The van der Waals surface area contributed by atoms with Crippen molar-refractivity contribution in [1.29, 1.82) is 0 Å². The number of ether oxygens (including phenoxy) is 1. The first-order chi connectivity index (χ1) is 11.2. The number of nitrogens with zero attached hydrogens (tertiary/aromatic N) is 1. The standard InChI is InChI=1S/C16H14ClF3N2O2/c1-22(10-11-5-2-3-8-14(11)17)15(23)21-12-6-4-7-13(9-12)24-16(18,19)20/h2-9H,10H2,1H3,(H,21,23). The molecule has 0 saturated heterocycles. The highest BCUT2D eigenvalue weighted by Crippen LogP contribution is 2.25. The van der Waals surface area contributed by atoms with Crippen molar-refractivity contribution in [1.82, 2.24) is 4.90 Å². The van der Waals surface area contributed by atoms with Crippen LogP contribution in [-0.4, -0.2) is 24.3 Å². The summed E-state index contributed by atoms with van der Waals surface area (Å²) in [5.41, 5.74) is 0.943. The van der Waals surface area contributed by atoms with Gasteiger partial charge in [0, 0.05) is 30.4 Å². The van der Waals surface area contributed by atoms with Crippen LogP contribution in [0.25, 0.3) is 0 Å². The van der Waals surface area contributed by atoms with Gasteiger partial charge in [0.2, 0.25) is 0 Å². The minimum Gasteiger partial charge on any atom is -0.406 e. The lowest BCUT2D eigenvalue weighted by molar-refractivity contribution is -0.274. The summed E-state index contributed by atoms with van der Waals surface area (Å²) < 4.78 is 40.5. The minimum atomic E-state index is -4.79. The Balaban J connectivity index is 2.01. The highest BCUT2D eigenvalue weighted by molar-refractivity contribution is 6.31. The molecule has 0 aliphatic carbocycles. The molecule has 4 nitrogen and oxygen atoms in total. The van der Waals surface area contributed by atoms with Crippen molar-refractivity contribution in [3.63, 3.8) is 0 Å². The van der Waals surface area contributed by atoms with Crippen LogP contribution in [0.1, 0.15) is 5.56 Å². The van der Waals surface area contributed by atoms with Gasteiger partial charge < -0.3 is 15.0 Å². The van der Waals surface area contributed by atoms with Crippen LogP contribution >= 0.6 is 11.6 Å². The largest absolute Gasteiger partial charge is 0.573 e. The average Bonchev–Trinajstić information content (AvgIpc) is 2.48. The third kappa shape index (κ3) is 5.34. The van der Waals surface area contributed by atoms with Gasteiger partial charge in [0.15, 0.2) is 0 Å². The first kappa shape index (κ1) is 17.9. The number of carbonyl (C=O) groups is 1. The number of nitrogens with one attached hydrogen (secondary N) is 1. The molecule has 8 heteroatoms. The molecule has 0 saturated carbocycles. The third-order valence-corrected chi connectivity index (χ3v) is 3.40. The molecule has 2 rings (SSSR count). The number of carbonyl (C=O) groups excluding carboxylic acids is 1. The number of anilines is 1. The zero-order chi connectivity index (χ0) is 17.7. The Hall–Kier alpha value is -2.41. The molecule has 0 bridgehead atoms. The molecule has 0 spiro atoms. The molecule has 2 aromatic carbocycles. The normalized spacial score (nSPS) is 11.0. The fourth-order valence-corrected chi connectivity index (χ4v) is 2.14. The molecule has 128 valence electrons. The smallest absolute Gasteiger partial charge is 0.406 e. The summed E-state index contributed by atoms with van der Waals surface area (Å²) in [6, 6.07) is 11.6. The van der Waals surface area contributed by atoms with Crippen LogP contribution in [0, 0.1) is 0 Å². The first-order valence-electron chi connectivity index (χ1n) is 6.86. The van der Waals surface area contributed by atoms with Crippen molar-refractivity contribution in [2.24, 2.45) is 0 Å². The van der Waals surface area contributed by atoms with Crippen LogP contribution in [0.3, 0.4) is 0 Å². The second kappa shape index (κ2) is 7.44. The number of hydrogen-bond acceptors (Lipinski definition) is 2. The van der Waals surface area contributed by atoms with Crippen molar-refractivity contribution in [2.75, 3.05) is 12.4 Å². The number of amides is 2. The first-order valence-corrected chi connectivity index (χ1v) is 7.24. The van der Waals surface area contributed by atoms with E-state index in [1.165, 1.54) is 17.0 Å². The van der Waals surface area contributed by atoms with E-state index in [4.69, 9.17) is 11.6 Å². The van der Waals surface area contributed by atoms with Crippen molar-refractivity contribution in [3.05, 3.63) is 59.1 Å². The molecule has 0 fully saturated rings. The van der Waals surface area contributed by atoms with Gasteiger partial charge >= 0.3 is 12.4 Å². The van der Waals surface area contributed by atoms with Crippen molar-refractivity contribution in [2.45, 2.75) is 12.9 Å². The summed E-state index contributed by atoms with van der Waals surface area (Å²) in [5, 5.41) is 3.03. The van der Waals surface area contributed by atoms with E-state index >= 15 is 0 Å². The summed E-state index contributed by atoms with van der Waals surface area (Å²) in [6.45, 7) is 0.254. The highest BCUT2D eigenvalue weighted by atomic mass is 35.5. The summed E-state index contributed by atoms with van der Waals surface area (Å²) in [7, 11) is 1.55. The Bertz CT molecular complexity index is 722. The van der Waals surface area contributed by atoms with Gasteiger partial charge in [-0.1, -0.05) is 35.9 Å². The van der Waals surface area contributed by atoms with Crippen LogP contribution in [0.15, 0.2) is 48.5 Å². The fourth-order valence-electron chi connectivity index (χ4n) is 1.94. The zero-order valence-corrected chi connectivity index (χ0v) is 13.4. The fraction of sp³-hybridized carbons (Fsp3) is 0.188. The topological polar surface area (TPSA) is 41.6 Å². The zero-order valence-electron chi connectivity index (χ0n) is 12.6. The Morgan fingerprint density at radius 1 is 1.21 bits per heavy atom. The number of urea groups is 1. The van der Waals surface area contributed by atoms with E-state index in [2.05, 4.69) is 10.1 Å². The van der Waals surface area contributed by atoms with Crippen molar-refractivity contribution >= 4 is 23.3 Å². The summed E-state index contributed by atoms with van der Waals surface area (Å²) in [6.07, 6.45) is -4.79. The van der Waals surface area contributed by atoms with Gasteiger partial charge in [-0.2, -0.15) is 0 Å². The lowest BCUT2D eigenvalue weighted by Crippen LogP contribution is -2.31. The predicted molar refractivity (Wildman–Crippen MR) is 85.1 cm³/mol. The number of alkyl halides is 3. The van der Waals surface area contributed by atoms with E-state index < -0.39 is 18.1 Å². The van der Waals surface area contributed by atoms with Gasteiger partial charge in [0.05, 0.1) is 0 Å². The summed E-state index contributed by atoms with van der Waals surface area (Å²) in [4.78, 5) is 13.5. The maximum absolute atomic E-state index is 12.2. The lowest BCUT2D eigenvalue weighted by Gasteiger charge is -2.19. The minimum absolute atomic E-state index is 0.188. The second-order valence-corrected chi connectivity index (χ2v) is 5.36. The maximum Gasteiger partial charge on any atom is 0.573 e. The number of rotatable bonds is 4. The summed E-state index contributed by atoms with van der Waals surface area (Å²) >= 11 is 6.03. The van der Waals surface area contributed by atoms with Gasteiger partial charge in [-0.05, 0) is 23.8 Å². The molecule has 0 radical (unpaired) electrons. The van der Waals surface area contributed by atoms with E-state index in [1.54, 1.807) is 31.3 Å². The number of hydrogen-bond donors (Lipinski definition) is 1. The molecule has 24 heavy (non-hydrogen) atoms. The molecule has 2 aromatic rings. The van der Waals surface area contributed by atoms with Crippen LogP contribution < -0.4 is 10.1 Å². The highest BCUT2D eigenvalue weighted by Gasteiger charge is 2.31. The quantitative estimate of drug-likeness (QED) is 0.844. The third-order valence-electron chi connectivity index (χ3n) is 3.03. The molecule has 0 heterocycles. The predicted octanol–water partition coefficient (Wildman–Crippen LogP) is 4.90. The van der Waals surface area contributed by atoms with E-state index in [0.29, 0.717) is 5.02 Å². The molecule has 1 N–H and O–H groups in total. The van der Waals surface area contributed by atoms with E-state index in [9.17, 15) is 18.0 Å². The molecule has 0 atom stereocenters. The van der Waals surface area contributed by atoms with Crippen LogP contribution in [-0.2, 0) is 6.54 Å². The number of benzene rings is 2. The molecule has 0 aromatic heterocycles. The van der Waals surface area contributed by atoms with Gasteiger partial charge in [-0.3, -0.25) is 0 Å². The molecular formula is C16H14ClF3N2O2. The Morgan fingerprint density at radius 3 is 2.58 bits per heavy atom. The molecule has 0 aliphatic rings. The number of halogens is 4. The average molecular weight is 359 g/mol. The molecule has 0 aliphatic heterocycles. The van der Waals surface area contributed by atoms with Gasteiger partial charge in [0.1, 0.15) is 5.75 Å². The molecule has 0 unspecified atom stereocenters. The van der Waals surface area contributed by atoms with E-state index in [-0.39, 0.29) is 12.2 Å². The van der Waals surface area contributed by atoms with Crippen molar-refractivity contribution < 1.29 is 22.7 Å². The maximum atomic E-state index is 12.2. The Morgan fingerprint density at radius 2 is 1.92 bits per heavy atom. The SMILES string of the molecule is CN(Cc1ccccc1Cl)C(=O)Nc1cccc(OC(F)(F)F)c1. The van der Waals surface area contributed by atoms with Crippen LogP contribution in [0.4, 0.5) is 23.7 Å². The van der Waals surface area contributed by atoms with E-state index in [1.807, 2.05) is 0 Å². The van der Waals surface area contributed by atoms with Crippen molar-refractivity contribution in [3.8, 4) is 5.75 Å². The molecular weight excluding hydrogens is 345 g/mol. The van der Waals surface area contributed by atoms with Crippen LogP contribution in [0.5, 0.6) is 5.75 Å². The van der Waals surface area contributed by atoms with E-state index in [0.717, 1.165) is 17.7 Å². The van der Waals surface area contributed by atoms with Gasteiger partial charge in [-0.15, -0.1) is 13.2 Å². The summed E-state index contributed by atoms with van der Waals surface area (Å²) in [5.74, 6) is -0.408. The Kier molecular flexibility index (Phi) is 5.56.